The van der Waals surface area contributed by atoms with Crippen molar-refractivity contribution in [3.8, 4) is 0 Å². The molecule has 3 N–H and O–H groups in total. The first-order valence-corrected chi connectivity index (χ1v) is 14.0. The van der Waals surface area contributed by atoms with Crippen molar-refractivity contribution in [1.29, 1.82) is 0 Å². The Kier molecular flexibility index (Phi) is 51.9. The van der Waals surface area contributed by atoms with E-state index in [1.165, 1.54) is 0 Å². The monoisotopic (exact) mass is 597 g/mol. The Balaban J connectivity index is -0.0000000595. The van der Waals surface area contributed by atoms with E-state index in [1.807, 2.05) is 62.3 Å². The highest BCUT2D eigenvalue weighted by Gasteiger charge is 2.21. The molecule has 0 saturated carbocycles. The standard InChI is InChI=1S/C11H23NO2.2C6H13NO.C6H15N.4CH4/c1-7-12(8-9(2)3)10(13)14-11(4,5)6;1-5(2)4-6(8)7-3;1-4-7-6(8)5(2)3;1-4-7-5-6(2)3;;;;/h9H,7-8H2,1-6H3;2*5H,4H2,1-3H3,(H,7,8);6-7H,4-5H2,1-3H3;4*1H4. The molecule has 256 valence electrons. The summed E-state index contributed by atoms with van der Waals surface area (Å²) in [6, 6.07) is 0. The van der Waals surface area contributed by atoms with Crippen molar-refractivity contribution in [1.82, 2.24) is 20.9 Å². The summed E-state index contributed by atoms with van der Waals surface area (Å²) in [7, 11) is 1.66. The molecule has 0 aromatic rings. The first-order chi connectivity index (χ1) is 16.9. The van der Waals surface area contributed by atoms with E-state index in [0.717, 1.165) is 32.1 Å². The van der Waals surface area contributed by atoms with Gasteiger partial charge in [0.2, 0.25) is 11.8 Å². The normalized spacial score (nSPS) is 9.44. The lowest BCUT2D eigenvalue weighted by molar-refractivity contribution is -0.124. The maximum atomic E-state index is 11.6. The minimum absolute atomic E-state index is 0. The summed E-state index contributed by atoms with van der Waals surface area (Å²) in [5.74, 6) is 2.11. The van der Waals surface area contributed by atoms with Crippen molar-refractivity contribution >= 4 is 17.9 Å². The molecule has 41 heavy (non-hydrogen) atoms. The Morgan fingerprint density at radius 2 is 1.22 bits per heavy atom. The summed E-state index contributed by atoms with van der Waals surface area (Å²) in [5.41, 5.74) is -0.401. The molecule has 3 amide bonds. The van der Waals surface area contributed by atoms with Crippen LogP contribution in [0.5, 0.6) is 0 Å². The fraction of sp³-hybridized carbons (Fsp3) is 0.909. The summed E-state index contributed by atoms with van der Waals surface area (Å²) in [6.07, 6.45) is 0.421. The third kappa shape index (κ3) is 54.9. The summed E-state index contributed by atoms with van der Waals surface area (Å²) in [4.78, 5) is 34.5. The second kappa shape index (κ2) is 36.2. The molecule has 8 heteroatoms. The lowest BCUT2D eigenvalue weighted by Gasteiger charge is -2.27. The van der Waals surface area contributed by atoms with Crippen molar-refractivity contribution in [3.63, 3.8) is 0 Å². The Labute approximate surface area is 259 Å². The fourth-order valence-electron chi connectivity index (χ4n) is 2.38. The van der Waals surface area contributed by atoms with E-state index in [0.29, 0.717) is 24.8 Å². The fourth-order valence-corrected chi connectivity index (χ4v) is 2.38. The van der Waals surface area contributed by atoms with Gasteiger partial charge in [0, 0.05) is 39.0 Å². The average molecular weight is 597 g/mol. The Hall–Kier alpha value is -1.83. The van der Waals surface area contributed by atoms with Crippen LogP contribution in [0.4, 0.5) is 4.79 Å². The van der Waals surface area contributed by atoms with Gasteiger partial charge in [-0.2, -0.15) is 0 Å². The molecular weight excluding hydrogens is 516 g/mol. The number of hydrogen-bond acceptors (Lipinski definition) is 5. The number of ether oxygens (including phenoxy) is 1. The predicted octanol–water partition coefficient (Wildman–Crippen LogP) is 8.25. The molecule has 0 bridgehead atoms. The van der Waals surface area contributed by atoms with E-state index in [-0.39, 0.29) is 53.5 Å². The van der Waals surface area contributed by atoms with Gasteiger partial charge in [-0.05, 0) is 65.5 Å². The van der Waals surface area contributed by atoms with Crippen LogP contribution in [0.1, 0.15) is 133 Å². The number of nitrogens with zero attached hydrogens (tertiary/aromatic N) is 1. The van der Waals surface area contributed by atoms with Crippen LogP contribution >= 0.6 is 0 Å². The first kappa shape index (κ1) is 58.7. The SMILES string of the molecule is C.C.C.C.CCN(CC(C)C)C(=O)OC(C)(C)C.CCNC(=O)C(C)C.CCNCC(C)C.CNC(=O)CC(C)C. The third-order valence-corrected chi connectivity index (χ3v) is 4.17. The highest BCUT2D eigenvalue weighted by atomic mass is 16.6. The van der Waals surface area contributed by atoms with Crippen LogP contribution < -0.4 is 16.0 Å². The molecular formula is C33H80N4O4. The molecule has 0 saturated heterocycles. The van der Waals surface area contributed by atoms with Crippen LogP contribution in [-0.4, -0.2) is 68.2 Å². The summed E-state index contributed by atoms with van der Waals surface area (Å²) < 4.78 is 5.28. The zero-order chi connectivity index (χ0) is 30.2. The summed E-state index contributed by atoms with van der Waals surface area (Å²) >= 11 is 0. The molecule has 0 aliphatic heterocycles. The number of rotatable bonds is 10. The van der Waals surface area contributed by atoms with Crippen molar-refractivity contribution in [2.24, 2.45) is 23.7 Å². The maximum absolute atomic E-state index is 11.6. The van der Waals surface area contributed by atoms with E-state index in [4.69, 9.17) is 4.74 Å². The maximum Gasteiger partial charge on any atom is 0.410 e. The summed E-state index contributed by atoms with van der Waals surface area (Å²) in [5, 5.41) is 8.51. The molecule has 0 heterocycles. The summed E-state index contributed by atoms with van der Waals surface area (Å²) in [6.45, 7) is 32.5. The molecule has 0 atom stereocenters. The molecule has 0 aromatic heterocycles. The van der Waals surface area contributed by atoms with Gasteiger partial charge in [0.05, 0.1) is 0 Å². The van der Waals surface area contributed by atoms with Crippen molar-refractivity contribution < 1.29 is 19.1 Å². The van der Waals surface area contributed by atoms with Crippen LogP contribution in [0.3, 0.4) is 0 Å². The Morgan fingerprint density at radius 1 is 0.756 bits per heavy atom. The third-order valence-electron chi connectivity index (χ3n) is 4.17. The van der Waals surface area contributed by atoms with Gasteiger partial charge in [0.1, 0.15) is 5.60 Å². The largest absolute Gasteiger partial charge is 0.444 e. The molecule has 0 radical (unpaired) electrons. The number of carbonyl (C=O) groups excluding carboxylic acids is 3. The van der Waals surface area contributed by atoms with Crippen LogP contribution in [0.2, 0.25) is 0 Å². The van der Waals surface area contributed by atoms with Crippen LogP contribution in [0.15, 0.2) is 0 Å². The van der Waals surface area contributed by atoms with Gasteiger partial charge < -0.3 is 25.6 Å². The molecule has 0 fully saturated rings. The smallest absolute Gasteiger partial charge is 0.410 e. The lowest BCUT2D eigenvalue weighted by atomic mass is 10.1. The van der Waals surface area contributed by atoms with Crippen LogP contribution in [0.25, 0.3) is 0 Å². The van der Waals surface area contributed by atoms with E-state index in [1.54, 1.807) is 11.9 Å². The molecule has 0 rings (SSSR count). The van der Waals surface area contributed by atoms with E-state index < -0.39 is 5.60 Å². The Bertz CT molecular complexity index is 558. The van der Waals surface area contributed by atoms with Gasteiger partial charge in [-0.3, -0.25) is 9.59 Å². The number of nitrogens with one attached hydrogen (secondary N) is 3. The molecule has 0 aromatic carbocycles. The topological polar surface area (TPSA) is 99.8 Å². The van der Waals surface area contributed by atoms with Gasteiger partial charge in [0.25, 0.3) is 0 Å². The highest BCUT2D eigenvalue weighted by molar-refractivity contribution is 5.77. The minimum Gasteiger partial charge on any atom is -0.444 e. The quantitative estimate of drug-likeness (QED) is 0.236. The van der Waals surface area contributed by atoms with E-state index in [2.05, 4.69) is 50.6 Å². The molecule has 0 spiro atoms. The average Bonchev–Trinajstić information content (AvgIpc) is 2.75. The lowest BCUT2D eigenvalue weighted by Crippen LogP contribution is -2.38. The zero-order valence-corrected chi connectivity index (χ0v) is 27.1. The highest BCUT2D eigenvalue weighted by Crippen LogP contribution is 2.10. The van der Waals surface area contributed by atoms with Gasteiger partial charge in [0.15, 0.2) is 0 Å². The van der Waals surface area contributed by atoms with Gasteiger partial charge in [-0.1, -0.05) is 92.0 Å². The predicted molar refractivity (Wildman–Crippen MR) is 186 cm³/mol. The van der Waals surface area contributed by atoms with E-state index >= 15 is 0 Å². The second-order valence-electron chi connectivity index (χ2n) is 11.4. The number of amides is 3. The second-order valence-corrected chi connectivity index (χ2v) is 11.4. The van der Waals surface area contributed by atoms with Gasteiger partial charge in [-0.25, -0.2) is 4.79 Å². The Morgan fingerprint density at radius 3 is 1.39 bits per heavy atom. The molecule has 0 unspecified atom stereocenters. The minimum atomic E-state index is -0.401. The van der Waals surface area contributed by atoms with Crippen molar-refractivity contribution in [2.75, 3.05) is 39.8 Å². The number of hydrogen-bond donors (Lipinski definition) is 3. The molecule has 8 nitrogen and oxygen atoms in total. The van der Waals surface area contributed by atoms with Crippen LogP contribution in [0, 0.1) is 23.7 Å². The van der Waals surface area contributed by atoms with E-state index in [9.17, 15) is 14.4 Å². The molecule has 0 aliphatic carbocycles. The zero-order valence-electron chi connectivity index (χ0n) is 27.1. The van der Waals surface area contributed by atoms with Gasteiger partial charge >= 0.3 is 6.09 Å². The van der Waals surface area contributed by atoms with Gasteiger partial charge in [-0.15, -0.1) is 0 Å². The van der Waals surface area contributed by atoms with Crippen molar-refractivity contribution in [2.45, 2.75) is 139 Å². The molecule has 0 aliphatic rings. The number of carbonyl (C=O) groups is 3. The van der Waals surface area contributed by atoms with Crippen molar-refractivity contribution in [3.05, 3.63) is 0 Å². The van der Waals surface area contributed by atoms with Crippen LogP contribution in [-0.2, 0) is 14.3 Å². The first-order valence-electron chi connectivity index (χ1n) is 14.0.